The summed E-state index contributed by atoms with van der Waals surface area (Å²) in [5, 5.41) is 4.29. The summed E-state index contributed by atoms with van der Waals surface area (Å²) in [4.78, 5) is 11.4. The Hall–Kier alpha value is -2.05. The molecule has 152 valence electrons. The van der Waals surface area contributed by atoms with Crippen LogP contribution in [0, 0.1) is 6.92 Å². The number of anilines is 2. The Morgan fingerprint density at radius 3 is 3.17 bits per heavy atom. The van der Waals surface area contributed by atoms with Gasteiger partial charge in [0.1, 0.15) is 6.17 Å². The second-order valence-electron chi connectivity index (χ2n) is 7.11. The van der Waals surface area contributed by atoms with Crippen LogP contribution >= 0.6 is 11.5 Å². The number of halogens is 2. The van der Waals surface area contributed by atoms with Crippen molar-refractivity contribution in [3.8, 4) is 0 Å². The van der Waals surface area contributed by atoms with Crippen molar-refractivity contribution in [3.63, 3.8) is 0 Å². The number of nitrogens with zero attached hydrogens (tertiary/aromatic N) is 5. The van der Waals surface area contributed by atoms with E-state index in [1.807, 2.05) is 25.4 Å². The van der Waals surface area contributed by atoms with E-state index in [9.17, 15) is 4.39 Å². The van der Waals surface area contributed by atoms with Gasteiger partial charge in [-0.05, 0) is 6.42 Å². The third kappa shape index (κ3) is 4.01. The molecule has 2 aliphatic heterocycles. The minimum absolute atomic E-state index is 0.0778. The summed E-state index contributed by atoms with van der Waals surface area (Å²) in [6.45, 7) is 3.94. The van der Waals surface area contributed by atoms with E-state index >= 15 is 0 Å². The monoisotopic (exact) mass is 524 g/mol. The zero-order chi connectivity index (χ0) is 19.8. The van der Waals surface area contributed by atoms with Crippen LogP contribution in [0.4, 0.5) is 15.2 Å². The van der Waals surface area contributed by atoms with Crippen LogP contribution in [0.1, 0.15) is 23.5 Å². The molecule has 29 heavy (non-hydrogen) atoms. The molecule has 1 atom stereocenters. The Kier molecular flexibility index (Phi) is 5.22. The van der Waals surface area contributed by atoms with E-state index in [0.717, 1.165) is 39.8 Å². The molecule has 2 N–H and O–H groups in total. The topological polar surface area (TPSA) is 70.4 Å². The maximum absolute atomic E-state index is 13.4. The maximum atomic E-state index is 13.4. The number of aryl methyl sites for hydroxylation is 1. The Labute approximate surface area is 182 Å². The standard InChI is InChI=1S/C19H20FIN7S/c1-12-9-28-16(13-2-4-21-23-7-13)8-22-19(28)18(24-12)25-17-6-15(26-29-17)11-27-5-3-14(20)10-27/h2,4,6-9,14,23H,3,5,10-11H2,1H3,(H,24,25)/q-1. The van der Waals surface area contributed by atoms with Crippen molar-refractivity contribution in [2.75, 3.05) is 18.4 Å². The first-order chi connectivity index (χ1) is 14.2. The Morgan fingerprint density at radius 2 is 2.38 bits per heavy atom. The molecule has 3 aromatic heterocycles. The van der Waals surface area contributed by atoms with Gasteiger partial charge in [-0.3, -0.25) is 4.90 Å². The first-order valence-electron chi connectivity index (χ1n) is 9.34. The van der Waals surface area contributed by atoms with Crippen LogP contribution in [0.2, 0.25) is 0 Å². The molecule has 1 saturated heterocycles. The van der Waals surface area contributed by atoms with Gasteiger partial charge in [0, 0.05) is 13.1 Å². The van der Waals surface area contributed by atoms with Gasteiger partial charge in [-0.25, -0.2) is 4.39 Å². The van der Waals surface area contributed by atoms with Crippen molar-refractivity contribution in [2.24, 2.45) is 0 Å². The number of fused-ring (bicyclic) bond motifs is 1. The van der Waals surface area contributed by atoms with Crippen LogP contribution in [0.5, 0.6) is 0 Å². The zero-order valence-corrected chi connectivity index (χ0v) is 18.7. The number of aromatic nitrogens is 4. The van der Waals surface area contributed by atoms with E-state index in [2.05, 4.69) is 48.8 Å². The van der Waals surface area contributed by atoms with Crippen molar-refractivity contribution in [2.45, 2.75) is 26.1 Å². The normalized spacial score (nSPS) is 19.8. The Morgan fingerprint density at radius 1 is 1.45 bits per heavy atom. The third-order valence-electron chi connectivity index (χ3n) is 4.89. The number of allylic oxidation sites excluding steroid dienone is 2. The van der Waals surface area contributed by atoms with Crippen LogP contribution in [0.3, 0.4) is 0 Å². The number of hydrogen-bond acceptors (Lipinski definition) is 7. The number of hydrogen-bond donors (Lipinski definition) is 2. The SMILES string of the molecule is Cc1cn2c(C3=CN[I-]C=C3)cnc2c(Nc2cc(CN3CCC(F)C3)ns2)n1. The van der Waals surface area contributed by atoms with Crippen LogP contribution in [0.15, 0.2) is 34.8 Å². The molecule has 10 heteroatoms. The molecule has 7 nitrogen and oxygen atoms in total. The van der Waals surface area contributed by atoms with Crippen LogP contribution < -0.4 is 30.3 Å². The summed E-state index contributed by atoms with van der Waals surface area (Å²) in [5.74, 6) is 0.706. The van der Waals surface area contributed by atoms with Gasteiger partial charge in [0.05, 0.1) is 0 Å². The summed E-state index contributed by atoms with van der Waals surface area (Å²) in [6.07, 6.45) is 7.98. The fourth-order valence-corrected chi connectivity index (χ4v) is 5.51. The molecular formula is C19H20FIN7S-. The van der Waals surface area contributed by atoms with Gasteiger partial charge in [-0.2, -0.15) is 0 Å². The van der Waals surface area contributed by atoms with Crippen molar-refractivity contribution in [1.29, 1.82) is 0 Å². The van der Waals surface area contributed by atoms with Gasteiger partial charge in [0.2, 0.25) is 0 Å². The predicted molar refractivity (Wildman–Crippen MR) is 108 cm³/mol. The second-order valence-corrected chi connectivity index (χ2v) is 9.88. The van der Waals surface area contributed by atoms with Crippen LogP contribution in [-0.2, 0) is 6.54 Å². The first kappa shape index (κ1) is 18.9. The van der Waals surface area contributed by atoms with Crippen LogP contribution in [-0.4, -0.2) is 42.9 Å². The molecule has 2 aliphatic rings. The number of alkyl halides is 1. The molecule has 0 radical (unpaired) electrons. The predicted octanol–water partition coefficient (Wildman–Crippen LogP) is 0.243. The number of imidazole rings is 1. The van der Waals surface area contributed by atoms with E-state index in [4.69, 9.17) is 0 Å². The molecule has 5 rings (SSSR count). The summed E-state index contributed by atoms with van der Waals surface area (Å²) >= 11 is 1.31. The summed E-state index contributed by atoms with van der Waals surface area (Å²) < 4.78 is 25.5. The van der Waals surface area contributed by atoms with Crippen molar-refractivity contribution < 1.29 is 25.9 Å². The molecular weight excluding hydrogens is 504 g/mol. The van der Waals surface area contributed by atoms with Crippen LogP contribution in [0.25, 0.3) is 11.2 Å². The molecule has 5 heterocycles. The van der Waals surface area contributed by atoms with E-state index < -0.39 is 6.17 Å². The second kappa shape index (κ2) is 8.00. The first-order valence-corrected chi connectivity index (χ1v) is 12.4. The minimum atomic E-state index is -0.711. The van der Waals surface area contributed by atoms with E-state index in [-0.39, 0.29) is 21.5 Å². The van der Waals surface area contributed by atoms with E-state index in [0.29, 0.717) is 25.3 Å². The van der Waals surface area contributed by atoms with Crippen molar-refractivity contribution >= 4 is 33.6 Å². The molecule has 1 fully saturated rings. The van der Waals surface area contributed by atoms with Gasteiger partial charge in [0.15, 0.2) is 0 Å². The van der Waals surface area contributed by atoms with Crippen molar-refractivity contribution in [1.82, 2.24) is 27.2 Å². The molecule has 0 spiro atoms. The van der Waals surface area contributed by atoms with Gasteiger partial charge in [-0.1, -0.05) is 0 Å². The van der Waals surface area contributed by atoms with E-state index in [1.165, 1.54) is 11.5 Å². The number of likely N-dealkylation sites (tertiary alicyclic amines) is 1. The molecule has 3 aromatic rings. The molecule has 0 aromatic carbocycles. The number of nitrogens with one attached hydrogen (secondary N) is 2. The molecule has 0 aliphatic carbocycles. The molecule has 0 bridgehead atoms. The molecule has 0 saturated carbocycles. The van der Waals surface area contributed by atoms with Gasteiger partial charge >= 0.3 is 148 Å². The van der Waals surface area contributed by atoms with Gasteiger partial charge in [-0.15, -0.1) is 0 Å². The Bertz CT molecular complexity index is 1110. The summed E-state index contributed by atoms with van der Waals surface area (Å²) in [5.41, 5.74) is 4.76. The zero-order valence-electron chi connectivity index (χ0n) is 15.8. The summed E-state index contributed by atoms with van der Waals surface area (Å²) in [7, 11) is 0. The van der Waals surface area contributed by atoms with Gasteiger partial charge < -0.3 is 0 Å². The average Bonchev–Trinajstić information content (AvgIpc) is 3.43. The number of rotatable bonds is 5. The average molecular weight is 524 g/mol. The van der Waals surface area contributed by atoms with E-state index in [1.54, 1.807) is 0 Å². The van der Waals surface area contributed by atoms with Gasteiger partial charge in [0.25, 0.3) is 0 Å². The van der Waals surface area contributed by atoms with Crippen molar-refractivity contribution in [3.05, 3.63) is 51.9 Å². The third-order valence-corrected chi connectivity index (χ3v) is 7.02. The Balaban J connectivity index is 1.40. The fraction of sp³-hybridized carbons (Fsp3) is 0.316. The molecule has 0 amide bonds. The summed E-state index contributed by atoms with van der Waals surface area (Å²) in [6, 6.07) is 2.01. The fourth-order valence-electron chi connectivity index (χ4n) is 3.56. The molecule has 1 unspecified atom stereocenters. The quantitative estimate of drug-likeness (QED) is 0.369.